The van der Waals surface area contributed by atoms with Crippen molar-refractivity contribution in [1.82, 2.24) is 19.7 Å². The number of nitrogens with one attached hydrogen (secondary N) is 1. The van der Waals surface area contributed by atoms with Gasteiger partial charge in [0.15, 0.2) is 10.6 Å². The van der Waals surface area contributed by atoms with Crippen LogP contribution in [0.15, 0.2) is 36.4 Å². The van der Waals surface area contributed by atoms with Crippen LogP contribution < -0.4 is 0 Å². The lowest BCUT2D eigenvalue weighted by Crippen LogP contribution is -2.35. The van der Waals surface area contributed by atoms with E-state index in [0.717, 1.165) is 11.1 Å². The lowest BCUT2D eigenvalue weighted by Gasteiger charge is -2.21. The van der Waals surface area contributed by atoms with Crippen molar-refractivity contribution >= 4 is 18.1 Å². The van der Waals surface area contributed by atoms with Gasteiger partial charge in [-0.2, -0.15) is 5.10 Å². The van der Waals surface area contributed by atoms with E-state index in [1.807, 2.05) is 45.0 Å². The highest BCUT2D eigenvalue weighted by molar-refractivity contribution is 7.71. The highest BCUT2D eigenvalue weighted by Gasteiger charge is 2.16. The minimum absolute atomic E-state index is 0.00126. The average molecular weight is 330 g/mol. The summed E-state index contributed by atoms with van der Waals surface area (Å²) in [6.45, 7) is 11.1. The molecule has 0 aliphatic carbocycles. The summed E-state index contributed by atoms with van der Waals surface area (Å²) in [4.78, 5) is 14.3. The number of rotatable bonds is 6. The lowest BCUT2D eigenvalue weighted by atomic mass is 10.1. The number of aryl methyl sites for hydroxylation is 1. The van der Waals surface area contributed by atoms with Crippen LogP contribution in [-0.2, 0) is 11.3 Å². The van der Waals surface area contributed by atoms with Gasteiger partial charge in [0.25, 0.3) is 0 Å². The van der Waals surface area contributed by atoms with Crippen molar-refractivity contribution in [3.05, 3.63) is 46.8 Å². The molecular weight excluding hydrogens is 308 g/mol. The van der Waals surface area contributed by atoms with E-state index in [1.165, 1.54) is 5.56 Å². The van der Waals surface area contributed by atoms with Crippen molar-refractivity contribution in [2.24, 2.45) is 0 Å². The predicted octanol–water partition coefficient (Wildman–Crippen LogP) is 3.34. The molecule has 122 valence electrons. The SMILES string of the molecule is C=C(C)CN(CC)C(=O)Cn1c(-c2ccc(C)cc2)n[nH]c1=S. The third-order valence-corrected chi connectivity index (χ3v) is 3.87. The van der Waals surface area contributed by atoms with Gasteiger partial charge in [0.1, 0.15) is 6.54 Å². The average Bonchev–Trinajstić information content (AvgIpc) is 2.86. The van der Waals surface area contributed by atoms with Crippen molar-refractivity contribution in [2.45, 2.75) is 27.3 Å². The molecule has 6 heteroatoms. The molecule has 1 aromatic heterocycles. The zero-order valence-electron chi connectivity index (χ0n) is 13.8. The normalized spacial score (nSPS) is 10.6. The Morgan fingerprint density at radius 1 is 1.39 bits per heavy atom. The summed E-state index contributed by atoms with van der Waals surface area (Å²) in [6, 6.07) is 7.98. The quantitative estimate of drug-likeness (QED) is 0.653. The lowest BCUT2D eigenvalue weighted by molar-refractivity contribution is -0.131. The molecule has 0 aliphatic heterocycles. The Kier molecular flexibility index (Phi) is 5.50. The highest BCUT2D eigenvalue weighted by atomic mass is 32.1. The molecule has 0 fully saturated rings. The minimum Gasteiger partial charge on any atom is -0.337 e. The number of nitrogens with zero attached hydrogens (tertiary/aromatic N) is 3. The zero-order chi connectivity index (χ0) is 17.0. The zero-order valence-corrected chi connectivity index (χ0v) is 14.6. The summed E-state index contributed by atoms with van der Waals surface area (Å²) in [7, 11) is 0. The molecule has 1 N–H and O–H groups in total. The molecule has 1 aromatic carbocycles. The van der Waals surface area contributed by atoms with E-state index in [0.29, 0.717) is 23.7 Å². The number of amides is 1. The Balaban J connectivity index is 2.28. The molecule has 0 atom stereocenters. The van der Waals surface area contributed by atoms with E-state index in [-0.39, 0.29) is 12.5 Å². The van der Waals surface area contributed by atoms with Gasteiger partial charge >= 0.3 is 0 Å². The third kappa shape index (κ3) is 4.16. The van der Waals surface area contributed by atoms with Gasteiger partial charge in [0.2, 0.25) is 5.91 Å². The second-order valence-corrected chi connectivity index (χ2v) is 6.06. The molecule has 1 heterocycles. The maximum Gasteiger partial charge on any atom is 0.242 e. The van der Waals surface area contributed by atoms with Crippen molar-refractivity contribution < 1.29 is 4.79 Å². The fourth-order valence-corrected chi connectivity index (χ4v) is 2.52. The van der Waals surface area contributed by atoms with Crippen LogP contribution in [0.2, 0.25) is 0 Å². The second-order valence-electron chi connectivity index (χ2n) is 5.67. The molecule has 1 amide bonds. The smallest absolute Gasteiger partial charge is 0.242 e. The van der Waals surface area contributed by atoms with E-state index >= 15 is 0 Å². The number of H-pyrrole nitrogens is 1. The molecule has 0 saturated heterocycles. The number of hydrogen-bond acceptors (Lipinski definition) is 3. The molecule has 0 saturated carbocycles. The number of likely N-dealkylation sites (N-methyl/N-ethyl adjacent to an activating group) is 1. The Morgan fingerprint density at radius 3 is 2.61 bits per heavy atom. The van der Waals surface area contributed by atoms with Gasteiger partial charge in [-0.05, 0) is 33.0 Å². The van der Waals surface area contributed by atoms with E-state index in [1.54, 1.807) is 9.47 Å². The molecule has 2 aromatic rings. The number of aromatic amines is 1. The Morgan fingerprint density at radius 2 is 2.04 bits per heavy atom. The number of hydrogen-bond donors (Lipinski definition) is 1. The van der Waals surface area contributed by atoms with E-state index in [2.05, 4.69) is 16.8 Å². The summed E-state index contributed by atoms with van der Waals surface area (Å²) >= 11 is 5.28. The number of carbonyl (C=O) groups excluding carboxylic acids is 1. The standard InChI is InChI=1S/C17H22N4OS/c1-5-20(10-12(2)3)15(22)11-21-16(18-19-17(21)23)14-8-6-13(4)7-9-14/h6-9H,2,5,10-11H2,1,3-4H3,(H,19,23). The molecule has 0 spiro atoms. The first-order chi connectivity index (χ1) is 10.9. The van der Waals surface area contributed by atoms with Crippen LogP contribution in [0.25, 0.3) is 11.4 Å². The molecular formula is C17H22N4OS. The summed E-state index contributed by atoms with van der Waals surface area (Å²) in [6.07, 6.45) is 0. The van der Waals surface area contributed by atoms with Gasteiger partial charge in [0.05, 0.1) is 0 Å². The third-order valence-electron chi connectivity index (χ3n) is 3.56. The van der Waals surface area contributed by atoms with Crippen LogP contribution >= 0.6 is 12.2 Å². The van der Waals surface area contributed by atoms with Crippen LogP contribution in [0.5, 0.6) is 0 Å². The van der Waals surface area contributed by atoms with Gasteiger partial charge in [-0.3, -0.25) is 14.5 Å². The van der Waals surface area contributed by atoms with Gasteiger partial charge in [0, 0.05) is 18.7 Å². The van der Waals surface area contributed by atoms with Crippen LogP contribution in [-0.4, -0.2) is 38.7 Å². The van der Waals surface area contributed by atoms with Crippen molar-refractivity contribution in [3.63, 3.8) is 0 Å². The minimum atomic E-state index is 0.00126. The van der Waals surface area contributed by atoms with Crippen LogP contribution in [0, 0.1) is 11.7 Å². The number of benzene rings is 1. The Labute approximate surface area is 141 Å². The topological polar surface area (TPSA) is 53.9 Å². The highest BCUT2D eigenvalue weighted by Crippen LogP contribution is 2.18. The van der Waals surface area contributed by atoms with Crippen molar-refractivity contribution in [3.8, 4) is 11.4 Å². The van der Waals surface area contributed by atoms with Crippen molar-refractivity contribution in [2.75, 3.05) is 13.1 Å². The maximum absolute atomic E-state index is 12.5. The molecule has 0 unspecified atom stereocenters. The summed E-state index contributed by atoms with van der Waals surface area (Å²) in [5.41, 5.74) is 3.05. The maximum atomic E-state index is 12.5. The van der Waals surface area contributed by atoms with Gasteiger partial charge in [-0.15, -0.1) is 0 Å². The van der Waals surface area contributed by atoms with Crippen LogP contribution in [0.1, 0.15) is 19.4 Å². The predicted molar refractivity (Wildman–Crippen MR) is 94.7 cm³/mol. The van der Waals surface area contributed by atoms with Crippen LogP contribution in [0.4, 0.5) is 0 Å². The molecule has 2 rings (SSSR count). The molecule has 0 aliphatic rings. The number of aromatic nitrogens is 3. The molecule has 0 bridgehead atoms. The molecule has 23 heavy (non-hydrogen) atoms. The van der Waals surface area contributed by atoms with Crippen LogP contribution in [0.3, 0.4) is 0 Å². The Bertz CT molecular complexity index is 758. The van der Waals surface area contributed by atoms with E-state index in [4.69, 9.17) is 12.2 Å². The van der Waals surface area contributed by atoms with Gasteiger partial charge in [-0.1, -0.05) is 42.0 Å². The number of carbonyl (C=O) groups is 1. The first-order valence-electron chi connectivity index (χ1n) is 7.56. The second kappa shape index (κ2) is 7.37. The Hall–Kier alpha value is -2.21. The summed E-state index contributed by atoms with van der Waals surface area (Å²) in [5, 5.41) is 7.05. The van der Waals surface area contributed by atoms with E-state index < -0.39 is 0 Å². The summed E-state index contributed by atoms with van der Waals surface area (Å²) in [5.74, 6) is 0.677. The fraction of sp³-hybridized carbons (Fsp3) is 0.353. The van der Waals surface area contributed by atoms with Gasteiger partial charge in [-0.25, -0.2) is 0 Å². The van der Waals surface area contributed by atoms with E-state index in [9.17, 15) is 4.79 Å². The monoisotopic (exact) mass is 330 g/mol. The molecule has 5 nitrogen and oxygen atoms in total. The van der Waals surface area contributed by atoms with Gasteiger partial charge < -0.3 is 4.90 Å². The first kappa shape index (κ1) is 17.1. The summed E-state index contributed by atoms with van der Waals surface area (Å²) < 4.78 is 2.18. The largest absolute Gasteiger partial charge is 0.337 e. The van der Waals surface area contributed by atoms with Crippen molar-refractivity contribution in [1.29, 1.82) is 0 Å². The molecule has 0 radical (unpaired) electrons. The first-order valence-corrected chi connectivity index (χ1v) is 7.97. The fourth-order valence-electron chi connectivity index (χ4n) is 2.32.